The molecular weight excluding hydrogens is 352 g/mol. The predicted molar refractivity (Wildman–Crippen MR) is 110 cm³/mol. The minimum Gasteiger partial charge on any atom is -0.381 e. The maximum atomic E-state index is 11.8. The van der Waals surface area contributed by atoms with E-state index >= 15 is 0 Å². The summed E-state index contributed by atoms with van der Waals surface area (Å²) in [5.74, 6) is 0. The smallest absolute Gasteiger partial charge is 0.168 e. The van der Waals surface area contributed by atoms with Crippen molar-refractivity contribution >= 4 is 6.29 Å². The molecule has 0 amide bonds. The van der Waals surface area contributed by atoms with Crippen molar-refractivity contribution in [2.24, 2.45) is 5.41 Å². The molecule has 1 fully saturated rings. The fourth-order valence-electron chi connectivity index (χ4n) is 3.90. The summed E-state index contributed by atoms with van der Waals surface area (Å²) in [6, 6.07) is 10.2. The van der Waals surface area contributed by atoms with Gasteiger partial charge in [-0.05, 0) is 50.0 Å². The van der Waals surface area contributed by atoms with Crippen molar-refractivity contribution in [3.63, 3.8) is 0 Å². The predicted octanol–water partition coefficient (Wildman–Crippen LogP) is 4.22. The van der Waals surface area contributed by atoms with Crippen LogP contribution in [0, 0.1) is 5.41 Å². The first kappa shape index (κ1) is 20.7. The van der Waals surface area contributed by atoms with Crippen LogP contribution in [0.2, 0.25) is 0 Å². The van der Waals surface area contributed by atoms with Gasteiger partial charge in [0, 0.05) is 31.9 Å². The number of aldehydes is 1. The van der Waals surface area contributed by atoms with Gasteiger partial charge in [0.15, 0.2) is 6.29 Å². The summed E-state index contributed by atoms with van der Waals surface area (Å²) in [6.07, 6.45) is 5.67. The Bertz CT molecular complexity index is 749. The molecule has 5 heteroatoms. The summed E-state index contributed by atoms with van der Waals surface area (Å²) in [6.45, 7) is 7.98. The Morgan fingerprint density at radius 3 is 2.68 bits per heavy atom. The Morgan fingerprint density at radius 1 is 1.25 bits per heavy atom. The lowest BCUT2D eigenvalue weighted by molar-refractivity contribution is 0.0239. The lowest BCUT2D eigenvalue weighted by Gasteiger charge is -2.33. The van der Waals surface area contributed by atoms with Crippen LogP contribution in [0.3, 0.4) is 0 Å². The van der Waals surface area contributed by atoms with Crippen molar-refractivity contribution in [1.29, 1.82) is 0 Å². The van der Waals surface area contributed by atoms with Crippen LogP contribution in [-0.4, -0.2) is 35.9 Å². The molecule has 2 heterocycles. The van der Waals surface area contributed by atoms with Crippen LogP contribution in [0.15, 0.2) is 30.3 Å². The van der Waals surface area contributed by atoms with Crippen LogP contribution in [0.1, 0.15) is 60.4 Å². The van der Waals surface area contributed by atoms with Crippen LogP contribution in [-0.2, 0) is 35.5 Å². The fraction of sp³-hybridized carbons (Fsp3) is 0.565. The molecule has 0 unspecified atom stereocenters. The molecule has 1 aliphatic heterocycles. The number of nitrogens with zero attached hydrogens (tertiary/aromatic N) is 2. The zero-order chi connectivity index (χ0) is 19.8. The van der Waals surface area contributed by atoms with Gasteiger partial charge in [-0.3, -0.25) is 9.48 Å². The Balaban J connectivity index is 1.62. The normalized spacial score (nSPS) is 16.2. The van der Waals surface area contributed by atoms with Crippen molar-refractivity contribution in [3.8, 4) is 0 Å². The zero-order valence-electron chi connectivity index (χ0n) is 17.2. The quantitative estimate of drug-likeness (QED) is 0.454. The highest BCUT2D eigenvalue weighted by molar-refractivity contribution is 5.75. The van der Waals surface area contributed by atoms with Gasteiger partial charge in [0.1, 0.15) is 5.69 Å². The fourth-order valence-corrected chi connectivity index (χ4v) is 3.90. The number of rotatable bonds is 10. The third-order valence-corrected chi connectivity index (χ3v) is 5.71. The number of hydrogen-bond donors (Lipinski definition) is 0. The first-order chi connectivity index (χ1) is 13.6. The van der Waals surface area contributed by atoms with Gasteiger partial charge in [-0.1, -0.05) is 37.3 Å². The highest BCUT2D eigenvalue weighted by atomic mass is 16.5. The average molecular weight is 385 g/mol. The second-order valence-corrected chi connectivity index (χ2v) is 7.99. The van der Waals surface area contributed by atoms with E-state index in [1.165, 1.54) is 5.56 Å². The van der Waals surface area contributed by atoms with Crippen LogP contribution in [0.25, 0.3) is 0 Å². The number of hydrogen-bond acceptors (Lipinski definition) is 4. The molecule has 5 nitrogen and oxygen atoms in total. The van der Waals surface area contributed by atoms with E-state index in [-0.39, 0.29) is 5.41 Å². The van der Waals surface area contributed by atoms with E-state index in [9.17, 15) is 4.79 Å². The van der Waals surface area contributed by atoms with E-state index in [0.29, 0.717) is 19.8 Å². The molecule has 0 spiro atoms. The molecule has 1 aromatic carbocycles. The number of ether oxygens (including phenoxy) is 2. The minimum absolute atomic E-state index is 0.177. The molecule has 152 valence electrons. The maximum Gasteiger partial charge on any atom is 0.168 e. The molecule has 1 aliphatic rings. The molecular formula is C23H32N2O3. The molecule has 0 atom stereocenters. The topological polar surface area (TPSA) is 53.4 Å². The van der Waals surface area contributed by atoms with Gasteiger partial charge < -0.3 is 9.47 Å². The van der Waals surface area contributed by atoms with E-state index in [1.54, 1.807) is 0 Å². The summed E-state index contributed by atoms with van der Waals surface area (Å²) in [4.78, 5) is 11.8. The summed E-state index contributed by atoms with van der Waals surface area (Å²) in [5, 5.41) is 4.75. The molecule has 0 N–H and O–H groups in total. The SMILES string of the molecule is CCn1nc(CCCOCc2ccccc2)c(CC2(C)CCOCC2)c1C=O. The number of benzene rings is 1. The summed E-state index contributed by atoms with van der Waals surface area (Å²) in [5.41, 5.74) is 4.30. The van der Waals surface area contributed by atoms with Gasteiger partial charge in [-0.25, -0.2) is 0 Å². The van der Waals surface area contributed by atoms with E-state index < -0.39 is 0 Å². The Hall–Kier alpha value is -1.98. The summed E-state index contributed by atoms with van der Waals surface area (Å²) in [7, 11) is 0. The molecule has 0 bridgehead atoms. The van der Waals surface area contributed by atoms with Crippen molar-refractivity contribution in [2.75, 3.05) is 19.8 Å². The van der Waals surface area contributed by atoms with Gasteiger partial charge in [-0.15, -0.1) is 0 Å². The highest BCUT2D eigenvalue weighted by Crippen LogP contribution is 2.35. The standard InChI is InChI=1S/C23H32N2O3/c1-3-25-22(17-26)20(16-23(2)11-14-27-15-12-23)21(24-25)10-7-13-28-18-19-8-5-4-6-9-19/h4-6,8-9,17H,3,7,10-16,18H2,1-2H3. The minimum atomic E-state index is 0.177. The van der Waals surface area contributed by atoms with Crippen LogP contribution < -0.4 is 0 Å². The second kappa shape index (κ2) is 9.99. The average Bonchev–Trinajstić information content (AvgIpc) is 3.05. The molecule has 0 radical (unpaired) electrons. The summed E-state index contributed by atoms with van der Waals surface area (Å²) < 4.78 is 13.2. The third kappa shape index (κ3) is 5.30. The Morgan fingerprint density at radius 2 is 2.00 bits per heavy atom. The van der Waals surface area contributed by atoms with Crippen molar-refractivity contribution in [1.82, 2.24) is 9.78 Å². The maximum absolute atomic E-state index is 11.8. The van der Waals surface area contributed by atoms with Crippen LogP contribution in [0.4, 0.5) is 0 Å². The Labute approximate surface area is 168 Å². The van der Waals surface area contributed by atoms with Gasteiger partial charge in [0.25, 0.3) is 0 Å². The molecule has 3 rings (SSSR count). The monoisotopic (exact) mass is 384 g/mol. The van der Waals surface area contributed by atoms with Gasteiger partial charge in [-0.2, -0.15) is 5.10 Å². The molecule has 1 saturated heterocycles. The summed E-state index contributed by atoms with van der Waals surface area (Å²) >= 11 is 0. The largest absolute Gasteiger partial charge is 0.381 e. The molecule has 28 heavy (non-hydrogen) atoms. The molecule has 0 aliphatic carbocycles. The second-order valence-electron chi connectivity index (χ2n) is 7.99. The first-order valence-corrected chi connectivity index (χ1v) is 10.4. The van der Waals surface area contributed by atoms with E-state index in [4.69, 9.17) is 14.6 Å². The lowest BCUT2D eigenvalue weighted by atomic mass is 9.76. The first-order valence-electron chi connectivity index (χ1n) is 10.4. The number of carbonyl (C=O) groups is 1. The zero-order valence-corrected chi connectivity index (χ0v) is 17.2. The van der Waals surface area contributed by atoms with E-state index in [0.717, 1.165) is 68.6 Å². The number of aryl methyl sites for hydroxylation is 2. The van der Waals surface area contributed by atoms with Crippen LogP contribution >= 0.6 is 0 Å². The van der Waals surface area contributed by atoms with Gasteiger partial charge in [0.2, 0.25) is 0 Å². The molecule has 0 saturated carbocycles. The van der Waals surface area contributed by atoms with Crippen LogP contribution in [0.5, 0.6) is 0 Å². The molecule has 2 aromatic rings. The third-order valence-electron chi connectivity index (χ3n) is 5.71. The molecule has 1 aromatic heterocycles. The highest BCUT2D eigenvalue weighted by Gasteiger charge is 2.31. The van der Waals surface area contributed by atoms with Crippen molar-refractivity contribution in [3.05, 3.63) is 52.8 Å². The Kier molecular flexibility index (Phi) is 7.40. The van der Waals surface area contributed by atoms with Gasteiger partial charge >= 0.3 is 0 Å². The number of carbonyl (C=O) groups excluding carboxylic acids is 1. The van der Waals surface area contributed by atoms with Crippen molar-refractivity contribution < 1.29 is 14.3 Å². The van der Waals surface area contributed by atoms with E-state index in [1.807, 2.05) is 29.8 Å². The number of aromatic nitrogens is 2. The van der Waals surface area contributed by atoms with Gasteiger partial charge in [0.05, 0.1) is 12.3 Å². The van der Waals surface area contributed by atoms with Crippen molar-refractivity contribution in [2.45, 2.75) is 59.1 Å². The lowest BCUT2D eigenvalue weighted by Crippen LogP contribution is -2.29. The van der Waals surface area contributed by atoms with E-state index in [2.05, 4.69) is 19.1 Å².